The van der Waals surface area contributed by atoms with E-state index < -0.39 is 0 Å². The number of rotatable bonds is 12. The Balaban J connectivity index is 2.47. The van der Waals surface area contributed by atoms with E-state index >= 15 is 0 Å². The quantitative estimate of drug-likeness (QED) is 0.487. The summed E-state index contributed by atoms with van der Waals surface area (Å²) in [7, 11) is 0. The second-order valence-corrected chi connectivity index (χ2v) is 5.98. The van der Waals surface area contributed by atoms with E-state index in [1.54, 1.807) is 12.4 Å². The van der Waals surface area contributed by atoms with Crippen LogP contribution in [0.25, 0.3) is 0 Å². The van der Waals surface area contributed by atoms with Gasteiger partial charge in [0.2, 0.25) is 5.91 Å². The molecule has 0 unspecified atom stereocenters. The molecule has 0 atom stereocenters. The van der Waals surface area contributed by atoms with Gasteiger partial charge in [0.05, 0.1) is 0 Å². The third-order valence-corrected chi connectivity index (χ3v) is 4.00. The van der Waals surface area contributed by atoms with Gasteiger partial charge in [-0.1, -0.05) is 58.8 Å². The molecule has 1 aromatic heterocycles. The van der Waals surface area contributed by atoms with E-state index in [9.17, 15) is 4.79 Å². The fourth-order valence-corrected chi connectivity index (χ4v) is 2.63. The molecule has 0 saturated heterocycles. The maximum Gasteiger partial charge on any atom is 0.226 e. The molecule has 0 fully saturated rings. The highest BCUT2D eigenvalue weighted by Gasteiger charge is 2.14. The molecule has 0 aliphatic heterocycles. The normalized spacial score (nSPS) is 10.6. The van der Waals surface area contributed by atoms with Crippen molar-refractivity contribution in [2.24, 2.45) is 0 Å². The predicted molar refractivity (Wildman–Crippen MR) is 94.1 cm³/mol. The van der Waals surface area contributed by atoms with Crippen LogP contribution in [0.2, 0.25) is 0 Å². The molecule has 1 heterocycles. The van der Waals surface area contributed by atoms with E-state index in [4.69, 9.17) is 0 Å². The first-order valence-electron chi connectivity index (χ1n) is 9.00. The SMILES string of the molecule is CCCCCCCC(=O)N(CCCCCC)c1ccncc1. The van der Waals surface area contributed by atoms with E-state index in [1.807, 2.05) is 17.0 Å². The number of amides is 1. The number of pyridine rings is 1. The summed E-state index contributed by atoms with van der Waals surface area (Å²) in [5, 5.41) is 0. The van der Waals surface area contributed by atoms with Gasteiger partial charge in [-0.25, -0.2) is 0 Å². The number of unbranched alkanes of at least 4 members (excludes halogenated alkanes) is 7. The van der Waals surface area contributed by atoms with Crippen LogP contribution < -0.4 is 4.90 Å². The first-order chi connectivity index (χ1) is 10.8. The molecule has 0 N–H and O–H groups in total. The van der Waals surface area contributed by atoms with Gasteiger partial charge in [-0.05, 0) is 25.0 Å². The van der Waals surface area contributed by atoms with Crippen LogP contribution >= 0.6 is 0 Å². The van der Waals surface area contributed by atoms with Gasteiger partial charge in [0.1, 0.15) is 0 Å². The van der Waals surface area contributed by atoms with Crippen LogP contribution in [-0.4, -0.2) is 17.4 Å². The zero-order chi connectivity index (χ0) is 16.0. The van der Waals surface area contributed by atoms with Gasteiger partial charge in [0.25, 0.3) is 0 Å². The fraction of sp³-hybridized carbons (Fsp3) is 0.684. The zero-order valence-electron chi connectivity index (χ0n) is 14.4. The molecular weight excluding hydrogens is 272 g/mol. The second-order valence-electron chi connectivity index (χ2n) is 5.98. The van der Waals surface area contributed by atoms with Crippen molar-refractivity contribution in [2.75, 3.05) is 11.4 Å². The summed E-state index contributed by atoms with van der Waals surface area (Å²) >= 11 is 0. The minimum Gasteiger partial charge on any atom is -0.312 e. The first-order valence-corrected chi connectivity index (χ1v) is 9.00. The molecule has 3 nitrogen and oxygen atoms in total. The number of aromatic nitrogens is 1. The van der Waals surface area contributed by atoms with Crippen LogP contribution in [0.1, 0.15) is 78.1 Å². The smallest absolute Gasteiger partial charge is 0.226 e. The van der Waals surface area contributed by atoms with Crippen molar-refractivity contribution >= 4 is 11.6 Å². The molecule has 1 amide bonds. The van der Waals surface area contributed by atoms with Crippen molar-refractivity contribution in [2.45, 2.75) is 78.1 Å². The lowest BCUT2D eigenvalue weighted by atomic mass is 10.1. The molecule has 22 heavy (non-hydrogen) atoms. The summed E-state index contributed by atoms with van der Waals surface area (Å²) in [5.74, 6) is 0.263. The highest BCUT2D eigenvalue weighted by molar-refractivity contribution is 5.93. The largest absolute Gasteiger partial charge is 0.312 e. The predicted octanol–water partition coefficient (Wildman–Crippen LogP) is 5.36. The van der Waals surface area contributed by atoms with Crippen LogP contribution in [-0.2, 0) is 4.79 Å². The summed E-state index contributed by atoms with van der Waals surface area (Å²) in [6.45, 7) is 5.26. The average Bonchev–Trinajstić information content (AvgIpc) is 2.55. The lowest BCUT2D eigenvalue weighted by Gasteiger charge is -2.23. The molecule has 3 heteroatoms. The Labute approximate surface area is 136 Å². The van der Waals surface area contributed by atoms with Crippen molar-refractivity contribution in [3.8, 4) is 0 Å². The van der Waals surface area contributed by atoms with E-state index in [0.717, 1.165) is 25.1 Å². The number of hydrogen-bond acceptors (Lipinski definition) is 2. The maximum absolute atomic E-state index is 12.5. The van der Waals surface area contributed by atoms with Gasteiger partial charge in [0, 0.05) is 31.0 Å². The third-order valence-electron chi connectivity index (χ3n) is 4.00. The number of carbonyl (C=O) groups is 1. The van der Waals surface area contributed by atoms with Gasteiger partial charge < -0.3 is 4.90 Å². The van der Waals surface area contributed by atoms with Crippen molar-refractivity contribution in [1.29, 1.82) is 0 Å². The van der Waals surface area contributed by atoms with Crippen molar-refractivity contribution < 1.29 is 4.79 Å². The standard InChI is InChI=1S/C19H32N2O/c1-3-5-7-9-10-12-19(22)21(17-11-8-6-4-2)18-13-15-20-16-14-18/h13-16H,3-12,17H2,1-2H3. The summed E-state index contributed by atoms with van der Waals surface area (Å²) in [6.07, 6.45) is 14.9. The van der Waals surface area contributed by atoms with Crippen LogP contribution in [0, 0.1) is 0 Å². The number of hydrogen-bond donors (Lipinski definition) is 0. The Morgan fingerprint density at radius 3 is 2.14 bits per heavy atom. The molecule has 0 saturated carbocycles. The molecule has 1 rings (SSSR count). The van der Waals surface area contributed by atoms with Crippen LogP contribution in [0.5, 0.6) is 0 Å². The number of carbonyl (C=O) groups excluding carboxylic acids is 1. The third kappa shape index (κ3) is 7.58. The zero-order valence-corrected chi connectivity index (χ0v) is 14.4. The molecule has 0 radical (unpaired) electrons. The molecule has 0 spiro atoms. The number of nitrogens with zero attached hydrogens (tertiary/aromatic N) is 2. The van der Waals surface area contributed by atoms with Crippen molar-refractivity contribution in [3.05, 3.63) is 24.5 Å². The van der Waals surface area contributed by atoms with E-state index in [2.05, 4.69) is 18.8 Å². The maximum atomic E-state index is 12.5. The second kappa shape index (κ2) is 12.2. The average molecular weight is 304 g/mol. The van der Waals surface area contributed by atoms with Gasteiger partial charge in [-0.2, -0.15) is 0 Å². The molecular formula is C19H32N2O. The van der Waals surface area contributed by atoms with Crippen molar-refractivity contribution in [3.63, 3.8) is 0 Å². The molecule has 0 aliphatic rings. The van der Waals surface area contributed by atoms with E-state index in [-0.39, 0.29) is 5.91 Å². The summed E-state index contributed by atoms with van der Waals surface area (Å²) in [5.41, 5.74) is 0.991. The van der Waals surface area contributed by atoms with Crippen LogP contribution in [0.4, 0.5) is 5.69 Å². The molecule has 0 bridgehead atoms. The Kier molecular flexibility index (Phi) is 10.3. The van der Waals surface area contributed by atoms with Crippen LogP contribution in [0.15, 0.2) is 24.5 Å². The van der Waals surface area contributed by atoms with Gasteiger partial charge in [-0.3, -0.25) is 9.78 Å². The molecule has 0 aliphatic carbocycles. The monoisotopic (exact) mass is 304 g/mol. The van der Waals surface area contributed by atoms with Gasteiger partial charge in [0.15, 0.2) is 0 Å². The Hall–Kier alpha value is -1.38. The van der Waals surface area contributed by atoms with E-state index in [0.29, 0.717) is 6.42 Å². The number of anilines is 1. The summed E-state index contributed by atoms with van der Waals surface area (Å²) < 4.78 is 0. The fourth-order valence-electron chi connectivity index (χ4n) is 2.63. The molecule has 124 valence electrons. The lowest BCUT2D eigenvalue weighted by molar-refractivity contribution is -0.118. The summed E-state index contributed by atoms with van der Waals surface area (Å²) in [6, 6.07) is 3.88. The Bertz CT molecular complexity index is 392. The molecule has 1 aromatic rings. The van der Waals surface area contributed by atoms with Crippen molar-refractivity contribution in [1.82, 2.24) is 4.98 Å². The minimum absolute atomic E-state index is 0.263. The van der Waals surface area contributed by atoms with Gasteiger partial charge >= 0.3 is 0 Å². The van der Waals surface area contributed by atoms with E-state index in [1.165, 1.54) is 44.9 Å². The lowest BCUT2D eigenvalue weighted by Crippen LogP contribution is -2.31. The Morgan fingerprint density at radius 1 is 0.909 bits per heavy atom. The first kappa shape index (κ1) is 18.7. The minimum atomic E-state index is 0.263. The van der Waals surface area contributed by atoms with Gasteiger partial charge in [-0.15, -0.1) is 0 Å². The summed E-state index contributed by atoms with van der Waals surface area (Å²) in [4.78, 5) is 18.6. The topological polar surface area (TPSA) is 33.2 Å². The molecule has 0 aromatic carbocycles. The Morgan fingerprint density at radius 2 is 1.50 bits per heavy atom. The van der Waals surface area contributed by atoms with Crippen LogP contribution in [0.3, 0.4) is 0 Å². The highest BCUT2D eigenvalue weighted by atomic mass is 16.2. The highest BCUT2D eigenvalue weighted by Crippen LogP contribution is 2.17.